The van der Waals surface area contributed by atoms with E-state index in [0.717, 1.165) is 5.82 Å². The lowest BCUT2D eigenvalue weighted by Gasteiger charge is -2.49. The monoisotopic (exact) mass is 302 g/mol. The smallest absolute Gasteiger partial charge is 0.539 e. The maximum atomic E-state index is 8.94. The van der Waals surface area contributed by atoms with Crippen molar-refractivity contribution in [2.24, 2.45) is 0 Å². The fourth-order valence-corrected chi connectivity index (χ4v) is 1.47. The van der Waals surface area contributed by atoms with Crippen LogP contribution in [0.25, 0.3) is 0 Å². The van der Waals surface area contributed by atoms with E-state index in [2.05, 4.69) is 37.4 Å². The molecule has 3 heterocycles. The number of aryl methyl sites for hydroxylation is 1. The van der Waals surface area contributed by atoms with E-state index in [9.17, 15) is 0 Å². The standard InChI is InChI=1S/C4H6N2.B5H4O10/c1-4-5-2-3-6-4;6-1-10-2(7)13-5(12-1)14-3(8)11-4(9)15-5/h2-3H,1H3,(H,5,6);6-9H/q;-1/p+1. The number of rotatable bonds is 0. The summed E-state index contributed by atoms with van der Waals surface area (Å²) in [6.07, 6.45) is 3.71. The van der Waals surface area contributed by atoms with E-state index in [1.807, 2.05) is 19.3 Å². The molecule has 6 N–H and O–H groups in total. The van der Waals surface area contributed by atoms with Crippen LogP contribution < -0.4 is 4.98 Å². The van der Waals surface area contributed by atoms with Crippen LogP contribution in [0, 0.1) is 6.92 Å². The van der Waals surface area contributed by atoms with Crippen molar-refractivity contribution >= 4 is 36.2 Å². The summed E-state index contributed by atoms with van der Waals surface area (Å²) in [5.41, 5.74) is 0. The Kier molecular flexibility index (Phi) is 5.45. The molecule has 0 aliphatic carbocycles. The highest BCUT2D eigenvalue weighted by molar-refractivity contribution is 6.81. The predicted octanol–water partition coefficient (Wildman–Crippen LogP) is -4.41. The molecule has 1 spiro atoms. The molecule has 2 fully saturated rings. The lowest BCUT2D eigenvalue weighted by atomic mass is 9.84. The van der Waals surface area contributed by atoms with Crippen LogP contribution in [-0.4, -0.2) is 61.3 Å². The summed E-state index contributed by atoms with van der Waals surface area (Å²) in [5, 5.41) is 35.7. The van der Waals surface area contributed by atoms with Gasteiger partial charge in [-0.15, -0.1) is 0 Å². The van der Waals surface area contributed by atoms with Crippen molar-refractivity contribution in [1.29, 1.82) is 0 Å². The number of nitrogens with one attached hydrogen (secondary N) is 2. The summed E-state index contributed by atoms with van der Waals surface area (Å²) in [6.45, 7) is -1.24. The minimum Gasteiger partial charge on any atom is -0.539 e. The molecular weight excluding hydrogens is 290 g/mol. The molecule has 1 aromatic rings. The number of hydrogen-bond donors (Lipinski definition) is 5. The number of H-pyrrole nitrogens is 2. The number of imidazole rings is 1. The second-order valence-corrected chi connectivity index (χ2v) is 3.87. The molecule has 2 aliphatic rings. The molecule has 0 amide bonds. The van der Waals surface area contributed by atoms with Crippen LogP contribution in [0.2, 0.25) is 0 Å². The zero-order chi connectivity index (χ0) is 15.5. The van der Waals surface area contributed by atoms with Crippen molar-refractivity contribution in [3.63, 3.8) is 0 Å². The minimum absolute atomic E-state index is 1.09. The maximum absolute atomic E-state index is 8.94. The molecule has 0 aromatic carbocycles. The van der Waals surface area contributed by atoms with E-state index in [0.29, 0.717) is 0 Å². The molecule has 2 aliphatic heterocycles. The molecule has 0 radical (unpaired) electrons. The Bertz CT molecular complexity index is 390. The Hall–Kier alpha value is -0.865. The molecule has 3 rings (SSSR count). The average molecular weight is 301 g/mol. The highest BCUT2D eigenvalue weighted by atomic mass is 17.0. The van der Waals surface area contributed by atoms with Gasteiger partial charge in [0.25, 0.3) is 0 Å². The second-order valence-electron chi connectivity index (χ2n) is 3.87. The third kappa shape index (κ3) is 4.82. The van der Waals surface area contributed by atoms with E-state index in [1.165, 1.54) is 0 Å². The van der Waals surface area contributed by atoms with Crippen LogP contribution in [0.4, 0.5) is 0 Å². The van der Waals surface area contributed by atoms with Gasteiger partial charge in [-0.2, -0.15) is 0 Å². The highest BCUT2D eigenvalue weighted by Crippen LogP contribution is 2.23. The van der Waals surface area contributed by atoms with Gasteiger partial charge < -0.3 is 47.5 Å². The highest BCUT2D eigenvalue weighted by Gasteiger charge is 2.53. The molecule has 17 heteroatoms. The van der Waals surface area contributed by atoms with Gasteiger partial charge >= 0.3 is 36.2 Å². The van der Waals surface area contributed by atoms with Crippen molar-refractivity contribution in [2.75, 3.05) is 0 Å². The van der Waals surface area contributed by atoms with Gasteiger partial charge in [-0.25, -0.2) is 9.97 Å². The van der Waals surface area contributed by atoms with Crippen molar-refractivity contribution in [1.82, 2.24) is 4.98 Å². The van der Waals surface area contributed by atoms with Crippen LogP contribution >= 0.6 is 0 Å². The SMILES string of the molecule is Cc1[nH]cc[nH+]1.OB1OB(O)O[B-]2(O1)OB(O)OB(O)O2. The van der Waals surface area contributed by atoms with Crippen molar-refractivity contribution in [3.8, 4) is 0 Å². The summed E-state index contributed by atoms with van der Waals surface area (Å²) in [6, 6.07) is 0. The molecule has 0 bridgehead atoms. The molecule has 21 heavy (non-hydrogen) atoms. The van der Waals surface area contributed by atoms with Gasteiger partial charge in [0.2, 0.25) is 5.82 Å². The third-order valence-corrected chi connectivity index (χ3v) is 2.28. The normalized spacial score (nSPS) is 21.4. The van der Waals surface area contributed by atoms with Gasteiger partial charge in [0.1, 0.15) is 12.4 Å². The predicted molar refractivity (Wildman–Crippen MR) is 66.2 cm³/mol. The van der Waals surface area contributed by atoms with E-state index >= 15 is 0 Å². The topological polar surface area (TPSA) is 166 Å². The molecule has 2 saturated heterocycles. The van der Waals surface area contributed by atoms with Crippen molar-refractivity contribution in [2.45, 2.75) is 6.92 Å². The van der Waals surface area contributed by atoms with Crippen molar-refractivity contribution < 1.29 is 52.5 Å². The first-order valence-corrected chi connectivity index (χ1v) is 5.77. The number of aromatic amines is 2. The molecule has 0 atom stereocenters. The van der Waals surface area contributed by atoms with E-state index in [4.69, 9.17) is 20.1 Å². The zero-order valence-electron chi connectivity index (χ0n) is 10.8. The summed E-state index contributed by atoms with van der Waals surface area (Å²) >= 11 is 0. The van der Waals surface area contributed by atoms with E-state index < -0.39 is 36.2 Å². The molecule has 112 valence electrons. The van der Waals surface area contributed by atoms with Crippen LogP contribution in [0.3, 0.4) is 0 Å². The van der Waals surface area contributed by atoms with Gasteiger partial charge in [-0.3, -0.25) is 0 Å². The number of aromatic nitrogens is 2. The summed E-state index contributed by atoms with van der Waals surface area (Å²) in [7, 11) is -7.59. The fraction of sp³-hybridized carbons (Fsp3) is 0.250. The lowest BCUT2D eigenvalue weighted by molar-refractivity contribution is -0.385. The van der Waals surface area contributed by atoms with Crippen LogP contribution in [-0.2, 0) is 27.4 Å². The van der Waals surface area contributed by atoms with Crippen LogP contribution in [0.1, 0.15) is 5.82 Å². The summed E-state index contributed by atoms with van der Waals surface area (Å²) < 4.78 is 26.4. The maximum Gasteiger partial charge on any atom is 0.582 e. The van der Waals surface area contributed by atoms with Crippen LogP contribution in [0.5, 0.6) is 0 Å². The Balaban J connectivity index is 0.000000225. The van der Waals surface area contributed by atoms with E-state index in [-0.39, 0.29) is 0 Å². The number of hydrogen-bond acceptors (Lipinski definition) is 10. The minimum atomic E-state index is -3.21. The molecule has 0 saturated carbocycles. The van der Waals surface area contributed by atoms with E-state index in [1.54, 1.807) is 0 Å². The van der Waals surface area contributed by atoms with Gasteiger partial charge in [-0.05, 0) is 0 Å². The average Bonchev–Trinajstić information content (AvgIpc) is 2.76. The quantitative estimate of drug-likeness (QED) is 0.295. The first-order chi connectivity index (χ1) is 9.88. The van der Waals surface area contributed by atoms with Crippen molar-refractivity contribution in [3.05, 3.63) is 18.2 Å². The molecule has 0 unspecified atom stereocenters. The first kappa shape index (κ1) is 16.5. The Morgan fingerprint density at radius 1 is 0.952 bits per heavy atom. The Morgan fingerprint density at radius 2 is 1.38 bits per heavy atom. The summed E-state index contributed by atoms with van der Waals surface area (Å²) in [4.78, 5) is 5.89. The Labute approximate surface area is 120 Å². The molecule has 12 nitrogen and oxygen atoms in total. The van der Waals surface area contributed by atoms with Gasteiger partial charge in [0.05, 0.1) is 0 Å². The first-order valence-electron chi connectivity index (χ1n) is 5.77. The fourth-order valence-electron chi connectivity index (χ4n) is 1.47. The third-order valence-electron chi connectivity index (χ3n) is 2.28. The molecular formula is C4H11B5N2O10. The Morgan fingerprint density at radius 3 is 1.62 bits per heavy atom. The lowest BCUT2D eigenvalue weighted by Crippen LogP contribution is -2.69. The molecule has 1 aromatic heterocycles. The van der Waals surface area contributed by atoms with Gasteiger partial charge in [-0.1, -0.05) is 0 Å². The zero-order valence-corrected chi connectivity index (χ0v) is 10.8. The van der Waals surface area contributed by atoms with Gasteiger partial charge in [0.15, 0.2) is 0 Å². The largest absolute Gasteiger partial charge is 0.582 e. The summed E-state index contributed by atoms with van der Waals surface area (Å²) in [5.74, 6) is 1.09. The van der Waals surface area contributed by atoms with Gasteiger partial charge in [0, 0.05) is 6.92 Å². The van der Waals surface area contributed by atoms with Crippen LogP contribution in [0.15, 0.2) is 12.4 Å². The second kappa shape index (κ2) is 6.93.